The first-order valence-electron chi connectivity index (χ1n) is 6.78. The largest absolute Gasteiger partial charge is 0.389 e. The summed E-state index contributed by atoms with van der Waals surface area (Å²) in [7, 11) is 0. The maximum atomic E-state index is 10.2. The van der Waals surface area contributed by atoms with E-state index in [0.29, 0.717) is 0 Å². The van der Waals surface area contributed by atoms with E-state index < -0.39 is 5.60 Å². The minimum Gasteiger partial charge on any atom is -0.389 e. The average molecular weight is 229 g/mol. The Labute approximate surface area is 99.6 Å². The van der Waals surface area contributed by atoms with Crippen molar-refractivity contribution in [3.8, 4) is 0 Å². The Morgan fingerprint density at radius 2 is 1.94 bits per heavy atom. The summed E-state index contributed by atoms with van der Waals surface area (Å²) < 4.78 is 5.40. The Balaban J connectivity index is 1.93. The van der Waals surface area contributed by atoms with E-state index in [2.05, 4.69) is 12.2 Å². The van der Waals surface area contributed by atoms with Crippen LogP contribution in [-0.2, 0) is 4.74 Å². The molecule has 0 bridgehead atoms. The number of ether oxygens (including phenoxy) is 1. The Hall–Kier alpha value is -0.120. The summed E-state index contributed by atoms with van der Waals surface area (Å²) in [6.07, 6.45) is 7.70. The van der Waals surface area contributed by atoms with Gasteiger partial charge in [-0.2, -0.15) is 0 Å². The van der Waals surface area contributed by atoms with Crippen LogP contribution in [0, 0.1) is 0 Å². The van der Waals surface area contributed by atoms with E-state index in [-0.39, 0.29) is 0 Å². The lowest BCUT2D eigenvalue weighted by Crippen LogP contribution is -2.42. The molecule has 1 rings (SSSR count). The average Bonchev–Trinajstić information content (AvgIpc) is 2.29. The molecule has 96 valence electrons. The summed E-state index contributed by atoms with van der Waals surface area (Å²) in [6, 6.07) is 0. The van der Waals surface area contributed by atoms with Gasteiger partial charge in [0.1, 0.15) is 0 Å². The molecule has 16 heavy (non-hydrogen) atoms. The fourth-order valence-corrected chi connectivity index (χ4v) is 2.25. The minimum atomic E-state index is -0.428. The summed E-state index contributed by atoms with van der Waals surface area (Å²) >= 11 is 0. The summed E-state index contributed by atoms with van der Waals surface area (Å²) in [4.78, 5) is 0. The van der Waals surface area contributed by atoms with Crippen LogP contribution in [0.15, 0.2) is 0 Å². The normalized spacial score (nSPS) is 19.9. The third-order valence-corrected chi connectivity index (χ3v) is 3.23. The zero-order valence-electron chi connectivity index (χ0n) is 10.6. The molecule has 0 spiro atoms. The van der Waals surface area contributed by atoms with Crippen LogP contribution in [0.2, 0.25) is 0 Å². The molecule has 0 radical (unpaired) electrons. The van der Waals surface area contributed by atoms with Crippen LogP contribution in [0.1, 0.15) is 51.9 Å². The maximum absolute atomic E-state index is 10.2. The lowest BCUT2D eigenvalue weighted by Gasteiger charge is -2.32. The fourth-order valence-electron chi connectivity index (χ4n) is 2.25. The van der Waals surface area contributed by atoms with E-state index in [9.17, 15) is 5.11 Å². The second-order valence-electron chi connectivity index (χ2n) is 4.93. The molecule has 1 aliphatic carbocycles. The first-order valence-corrected chi connectivity index (χ1v) is 6.78. The van der Waals surface area contributed by atoms with Crippen LogP contribution in [-0.4, -0.2) is 37.0 Å². The van der Waals surface area contributed by atoms with Crippen LogP contribution in [0.5, 0.6) is 0 Å². The van der Waals surface area contributed by atoms with Gasteiger partial charge in [-0.25, -0.2) is 0 Å². The van der Waals surface area contributed by atoms with Crippen molar-refractivity contribution in [2.45, 2.75) is 57.5 Å². The second-order valence-corrected chi connectivity index (χ2v) is 4.93. The summed E-state index contributed by atoms with van der Waals surface area (Å²) in [6.45, 7) is 5.52. The van der Waals surface area contributed by atoms with E-state index >= 15 is 0 Å². The first-order chi connectivity index (χ1) is 7.77. The summed E-state index contributed by atoms with van der Waals surface area (Å²) in [5.41, 5.74) is -0.428. The Morgan fingerprint density at radius 3 is 2.62 bits per heavy atom. The molecule has 0 amide bonds. The molecule has 0 atom stereocenters. The van der Waals surface area contributed by atoms with Crippen molar-refractivity contribution in [3.63, 3.8) is 0 Å². The van der Waals surface area contributed by atoms with Crippen molar-refractivity contribution in [2.75, 3.05) is 26.3 Å². The second kappa shape index (κ2) is 8.04. The highest BCUT2D eigenvalue weighted by Crippen LogP contribution is 2.27. The lowest BCUT2D eigenvalue weighted by atomic mass is 9.85. The predicted molar refractivity (Wildman–Crippen MR) is 66.6 cm³/mol. The third-order valence-electron chi connectivity index (χ3n) is 3.23. The van der Waals surface area contributed by atoms with Crippen molar-refractivity contribution in [1.82, 2.24) is 5.32 Å². The van der Waals surface area contributed by atoms with Gasteiger partial charge in [0.25, 0.3) is 0 Å². The van der Waals surface area contributed by atoms with E-state index in [1.54, 1.807) is 0 Å². The van der Waals surface area contributed by atoms with Crippen LogP contribution in [0.3, 0.4) is 0 Å². The van der Waals surface area contributed by atoms with Crippen LogP contribution in [0.25, 0.3) is 0 Å². The van der Waals surface area contributed by atoms with E-state index in [4.69, 9.17) is 4.74 Å². The van der Waals surface area contributed by atoms with E-state index in [0.717, 1.165) is 52.0 Å². The van der Waals surface area contributed by atoms with E-state index in [1.165, 1.54) is 19.3 Å². The molecule has 0 aromatic carbocycles. The summed E-state index contributed by atoms with van der Waals surface area (Å²) in [5, 5.41) is 13.6. The molecule has 1 aliphatic rings. The van der Waals surface area contributed by atoms with Gasteiger partial charge in [0, 0.05) is 19.8 Å². The standard InChI is InChI=1S/C13H27NO2/c1-2-10-16-11-6-9-14-12-13(15)7-4-3-5-8-13/h14-15H,2-12H2,1H3. The molecule has 1 fully saturated rings. The monoisotopic (exact) mass is 229 g/mol. The molecule has 0 aromatic rings. The van der Waals surface area contributed by atoms with Crippen LogP contribution < -0.4 is 5.32 Å². The van der Waals surface area contributed by atoms with Gasteiger partial charge in [0.15, 0.2) is 0 Å². The zero-order chi connectivity index (χ0) is 11.7. The van der Waals surface area contributed by atoms with Gasteiger partial charge in [-0.05, 0) is 32.2 Å². The number of nitrogens with one attached hydrogen (secondary N) is 1. The first kappa shape index (κ1) is 13.9. The SMILES string of the molecule is CCCOCCCNCC1(O)CCCCC1. The Kier molecular flexibility index (Phi) is 7.01. The quantitative estimate of drug-likeness (QED) is 0.626. The highest BCUT2D eigenvalue weighted by atomic mass is 16.5. The van der Waals surface area contributed by atoms with Crippen LogP contribution in [0.4, 0.5) is 0 Å². The molecule has 0 saturated heterocycles. The number of hydrogen-bond donors (Lipinski definition) is 2. The number of hydrogen-bond acceptors (Lipinski definition) is 3. The van der Waals surface area contributed by atoms with Gasteiger partial charge >= 0.3 is 0 Å². The highest BCUT2D eigenvalue weighted by molar-refractivity contribution is 4.84. The molecule has 3 heteroatoms. The fraction of sp³-hybridized carbons (Fsp3) is 1.00. The molecule has 0 heterocycles. The van der Waals surface area contributed by atoms with Crippen molar-refractivity contribution in [2.24, 2.45) is 0 Å². The molecule has 0 aromatic heterocycles. The Bertz CT molecular complexity index is 167. The van der Waals surface area contributed by atoms with Gasteiger partial charge < -0.3 is 15.2 Å². The van der Waals surface area contributed by atoms with Gasteiger partial charge in [0.2, 0.25) is 0 Å². The number of rotatable bonds is 8. The molecule has 1 saturated carbocycles. The topological polar surface area (TPSA) is 41.5 Å². The molecular formula is C13H27NO2. The Morgan fingerprint density at radius 1 is 1.19 bits per heavy atom. The van der Waals surface area contributed by atoms with Gasteiger partial charge in [0.05, 0.1) is 5.60 Å². The minimum absolute atomic E-state index is 0.428. The maximum Gasteiger partial charge on any atom is 0.0771 e. The molecule has 3 nitrogen and oxygen atoms in total. The zero-order valence-corrected chi connectivity index (χ0v) is 10.6. The van der Waals surface area contributed by atoms with Crippen molar-refractivity contribution in [1.29, 1.82) is 0 Å². The molecular weight excluding hydrogens is 202 g/mol. The van der Waals surface area contributed by atoms with Gasteiger partial charge in [-0.1, -0.05) is 26.2 Å². The van der Waals surface area contributed by atoms with Crippen molar-refractivity contribution >= 4 is 0 Å². The lowest BCUT2D eigenvalue weighted by molar-refractivity contribution is 0.00458. The van der Waals surface area contributed by atoms with Gasteiger partial charge in [-0.15, -0.1) is 0 Å². The van der Waals surface area contributed by atoms with Crippen molar-refractivity contribution < 1.29 is 9.84 Å². The highest BCUT2D eigenvalue weighted by Gasteiger charge is 2.28. The smallest absolute Gasteiger partial charge is 0.0771 e. The summed E-state index contributed by atoms with van der Waals surface area (Å²) in [5.74, 6) is 0. The predicted octanol–water partition coefficient (Wildman–Crippen LogP) is 2.09. The number of aliphatic hydroxyl groups is 1. The van der Waals surface area contributed by atoms with Crippen LogP contribution >= 0.6 is 0 Å². The van der Waals surface area contributed by atoms with Crippen molar-refractivity contribution in [3.05, 3.63) is 0 Å². The third kappa shape index (κ3) is 5.83. The molecule has 0 unspecified atom stereocenters. The van der Waals surface area contributed by atoms with E-state index in [1.807, 2.05) is 0 Å². The van der Waals surface area contributed by atoms with Gasteiger partial charge in [-0.3, -0.25) is 0 Å². The molecule has 0 aliphatic heterocycles. The molecule has 2 N–H and O–H groups in total.